The smallest absolute Gasteiger partial charge is 0.321 e. The van der Waals surface area contributed by atoms with Gasteiger partial charge in [-0.3, -0.25) is 10.1 Å². The predicted octanol–water partition coefficient (Wildman–Crippen LogP) is 1.38. The first-order valence-electron chi connectivity index (χ1n) is 9.92. The van der Waals surface area contributed by atoms with Gasteiger partial charge in [0.15, 0.2) is 11.0 Å². The Bertz CT molecular complexity index is 775. The number of aromatic nitrogens is 3. The third-order valence-electron chi connectivity index (χ3n) is 4.49. The van der Waals surface area contributed by atoms with E-state index in [0.29, 0.717) is 10.9 Å². The molecule has 0 radical (unpaired) electrons. The Morgan fingerprint density at radius 3 is 2.72 bits per heavy atom. The highest BCUT2D eigenvalue weighted by Crippen LogP contribution is 2.21. The molecule has 10 heteroatoms. The molecular formula is C19H31N6O3S+. The third-order valence-corrected chi connectivity index (χ3v) is 5.45. The van der Waals surface area contributed by atoms with E-state index in [-0.39, 0.29) is 24.2 Å². The molecule has 160 valence electrons. The monoisotopic (exact) mass is 423 g/mol. The van der Waals surface area contributed by atoms with Gasteiger partial charge in [0.05, 0.1) is 32.7 Å². The van der Waals surface area contributed by atoms with Crippen molar-refractivity contribution in [3.8, 4) is 0 Å². The number of nitrogens with zero attached hydrogens (tertiary/aromatic N) is 3. The van der Waals surface area contributed by atoms with Crippen LogP contribution in [-0.4, -0.2) is 46.6 Å². The summed E-state index contributed by atoms with van der Waals surface area (Å²) in [4.78, 5) is 25.3. The lowest BCUT2D eigenvalue weighted by atomic mass is 10.2. The summed E-state index contributed by atoms with van der Waals surface area (Å²) in [7, 11) is 4.21. The number of imide groups is 1. The lowest BCUT2D eigenvalue weighted by Gasteiger charge is -2.20. The number of unbranched alkanes of at least 4 members (excludes halogenated alkanes) is 1. The van der Waals surface area contributed by atoms with Gasteiger partial charge >= 0.3 is 6.03 Å². The van der Waals surface area contributed by atoms with Crippen LogP contribution < -0.4 is 15.5 Å². The number of rotatable bonds is 11. The number of furan rings is 1. The molecule has 3 amide bonds. The molecule has 3 N–H and O–H groups in total. The minimum Gasteiger partial charge on any atom is -0.467 e. The standard InChI is InChI=1S/C19H30N6O3S/c1-5-7-10-25-17(15(6-2)24(3)4)22-23-19(25)29-13-16(26)21-18(27)20-12-14-9-8-11-28-14/h8-9,11,15H,5-7,10,12-13H2,1-4H3,(H2,20,21,26,27)/p+1/t15-/m0/s1. The van der Waals surface area contributed by atoms with Gasteiger partial charge in [0, 0.05) is 13.0 Å². The summed E-state index contributed by atoms with van der Waals surface area (Å²) in [5, 5.41) is 14.3. The number of nitrogens with one attached hydrogen (secondary N) is 3. The van der Waals surface area contributed by atoms with Crippen LogP contribution in [-0.2, 0) is 17.9 Å². The number of carbonyl (C=O) groups is 2. The molecule has 2 heterocycles. The molecule has 0 bridgehead atoms. The molecular weight excluding hydrogens is 392 g/mol. The van der Waals surface area contributed by atoms with Crippen molar-refractivity contribution in [2.75, 3.05) is 19.8 Å². The zero-order valence-electron chi connectivity index (χ0n) is 17.5. The first kappa shape index (κ1) is 23.0. The van der Waals surface area contributed by atoms with Crippen LogP contribution >= 0.6 is 11.8 Å². The normalized spacial score (nSPS) is 12.2. The summed E-state index contributed by atoms with van der Waals surface area (Å²) in [5.41, 5.74) is 0. The van der Waals surface area contributed by atoms with Gasteiger partial charge in [-0.15, -0.1) is 10.2 Å². The van der Waals surface area contributed by atoms with Crippen LogP contribution in [0.3, 0.4) is 0 Å². The first-order valence-corrected chi connectivity index (χ1v) is 10.9. The van der Waals surface area contributed by atoms with E-state index in [9.17, 15) is 9.59 Å². The molecule has 1 atom stereocenters. The highest BCUT2D eigenvalue weighted by Gasteiger charge is 2.25. The van der Waals surface area contributed by atoms with Gasteiger partial charge in [-0.25, -0.2) is 4.79 Å². The van der Waals surface area contributed by atoms with Gasteiger partial charge in [0.2, 0.25) is 5.91 Å². The van der Waals surface area contributed by atoms with Gasteiger partial charge < -0.3 is 19.2 Å². The van der Waals surface area contributed by atoms with Crippen LogP contribution in [0.25, 0.3) is 0 Å². The van der Waals surface area contributed by atoms with E-state index in [1.54, 1.807) is 12.1 Å². The van der Waals surface area contributed by atoms with Crippen molar-refractivity contribution in [3.05, 3.63) is 30.0 Å². The van der Waals surface area contributed by atoms with E-state index in [1.807, 2.05) is 0 Å². The van der Waals surface area contributed by atoms with Crippen LogP contribution in [0.5, 0.6) is 0 Å². The van der Waals surface area contributed by atoms with Gasteiger partial charge in [0.1, 0.15) is 11.8 Å². The molecule has 2 aromatic heterocycles. The number of hydrogen-bond acceptors (Lipinski definition) is 6. The predicted molar refractivity (Wildman–Crippen MR) is 111 cm³/mol. The maximum Gasteiger partial charge on any atom is 0.321 e. The van der Waals surface area contributed by atoms with Crippen LogP contribution in [0.15, 0.2) is 28.0 Å². The maximum atomic E-state index is 12.1. The fraction of sp³-hybridized carbons (Fsp3) is 0.579. The molecule has 2 rings (SSSR count). The Labute approximate surface area is 175 Å². The average Bonchev–Trinajstić information content (AvgIpc) is 3.33. The van der Waals surface area contributed by atoms with Crippen molar-refractivity contribution in [2.24, 2.45) is 0 Å². The minimum absolute atomic E-state index is 0.0873. The first-order chi connectivity index (χ1) is 14.0. The fourth-order valence-electron chi connectivity index (χ4n) is 2.96. The second-order valence-corrected chi connectivity index (χ2v) is 7.93. The molecule has 0 fully saturated rings. The minimum atomic E-state index is -0.553. The van der Waals surface area contributed by atoms with Crippen molar-refractivity contribution >= 4 is 23.7 Å². The number of carbonyl (C=O) groups excluding carboxylic acids is 2. The molecule has 9 nitrogen and oxygen atoms in total. The lowest BCUT2D eigenvalue weighted by Crippen LogP contribution is -3.06. The van der Waals surface area contributed by atoms with Crippen molar-refractivity contribution in [3.63, 3.8) is 0 Å². The topological polar surface area (TPSA) is 106 Å². The number of quaternary nitrogens is 1. The van der Waals surface area contributed by atoms with Gasteiger partial charge in [-0.1, -0.05) is 32.0 Å². The van der Waals surface area contributed by atoms with Crippen molar-refractivity contribution in [1.82, 2.24) is 25.4 Å². The van der Waals surface area contributed by atoms with E-state index < -0.39 is 6.03 Å². The Hall–Kier alpha value is -2.33. The zero-order valence-corrected chi connectivity index (χ0v) is 18.3. The van der Waals surface area contributed by atoms with E-state index >= 15 is 0 Å². The highest BCUT2D eigenvalue weighted by molar-refractivity contribution is 7.99. The third kappa shape index (κ3) is 6.90. The molecule has 0 aliphatic heterocycles. The molecule has 0 aliphatic carbocycles. The van der Waals surface area contributed by atoms with Crippen molar-refractivity contribution in [1.29, 1.82) is 0 Å². The Kier molecular flexibility index (Phi) is 9.20. The van der Waals surface area contributed by atoms with Gasteiger partial charge in [0.25, 0.3) is 0 Å². The number of thioether (sulfide) groups is 1. The van der Waals surface area contributed by atoms with E-state index in [4.69, 9.17) is 4.42 Å². The zero-order chi connectivity index (χ0) is 21.2. The molecule has 29 heavy (non-hydrogen) atoms. The van der Waals surface area contributed by atoms with E-state index in [2.05, 4.69) is 53.3 Å². The SMILES string of the molecule is CCCCn1c(SCC(=O)NC(=O)NCc2ccco2)nnc1[C@H](CC)[NH+](C)C. The molecule has 0 saturated carbocycles. The highest BCUT2D eigenvalue weighted by atomic mass is 32.2. The number of urea groups is 1. The fourth-order valence-corrected chi connectivity index (χ4v) is 3.73. The second kappa shape index (κ2) is 11.6. The Morgan fingerprint density at radius 1 is 1.31 bits per heavy atom. The van der Waals surface area contributed by atoms with Gasteiger partial charge in [-0.2, -0.15) is 0 Å². The molecule has 0 unspecified atom stereocenters. The van der Waals surface area contributed by atoms with Crippen LogP contribution in [0, 0.1) is 0 Å². The van der Waals surface area contributed by atoms with Crippen molar-refractivity contribution < 1.29 is 18.9 Å². The quantitative estimate of drug-likeness (QED) is 0.472. The molecule has 0 spiro atoms. The molecule has 0 saturated heterocycles. The maximum absolute atomic E-state index is 12.1. The van der Waals surface area contributed by atoms with Crippen molar-refractivity contribution in [2.45, 2.75) is 57.4 Å². The Balaban J connectivity index is 1.93. The summed E-state index contributed by atoms with van der Waals surface area (Å²) in [6.07, 6.45) is 4.55. The van der Waals surface area contributed by atoms with E-state index in [1.165, 1.54) is 22.9 Å². The number of hydrogen-bond donors (Lipinski definition) is 3. The summed E-state index contributed by atoms with van der Waals surface area (Å²) in [5.74, 6) is 1.26. The van der Waals surface area contributed by atoms with Crippen LogP contribution in [0.1, 0.15) is 50.7 Å². The Morgan fingerprint density at radius 2 is 2.10 bits per heavy atom. The van der Waals surface area contributed by atoms with Gasteiger partial charge in [-0.05, 0) is 18.6 Å². The molecule has 0 aromatic carbocycles. The van der Waals surface area contributed by atoms with Crippen LogP contribution in [0.2, 0.25) is 0 Å². The average molecular weight is 424 g/mol. The van der Waals surface area contributed by atoms with E-state index in [0.717, 1.165) is 31.6 Å². The molecule has 2 aromatic rings. The summed E-state index contributed by atoms with van der Waals surface area (Å²) in [6, 6.07) is 3.18. The van der Waals surface area contributed by atoms with Crippen LogP contribution in [0.4, 0.5) is 4.79 Å². The summed E-state index contributed by atoms with van der Waals surface area (Å²) < 4.78 is 7.25. The number of amides is 3. The largest absolute Gasteiger partial charge is 0.467 e. The summed E-state index contributed by atoms with van der Waals surface area (Å²) in [6.45, 7) is 5.31. The lowest BCUT2D eigenvalue weighted by molar-refractivity contribution is -0.893. The second-order valence-electron chi connectivity index (χ2n) is 6.98. The summed E-state index contributed by atoms with van der Waals surface area (Å²) >= 11 is 1.29. The molecule has 0 aliphatic rings.